The fraction of sp³-hybridized carbons (Fsp3) is 0.357. The van der Waals surface area contributed by atoms with Crippen molar-refractivity contribution in [3.63, 3.8) is 0 Å². The molecule has 0 spiro atoms. The highest BCUT2D eigenvalue weighted by molar-refractivity contribution is 7.18. The fourth-order valence-corrected chi connectivity index (χ4v) is 3.31. The van der Waals surface area contributed by atoms with Gasteiger partial charge in [-0.2, -0.15) is 18.3 Å². The van der Waals surface area contributed by atoms with Crippen LogP contribution in [0, 0.1) is 6.92 Å². The first-order valence-electron chi connectivity index (χ1n) is 7.01. The Kier molecular flexibility index (Phi) is 4.18. The maximum atomic E-state index is 13.0. The molecule has 0 aromatic carbocycles. The van der Waals surface area contributed by atoms with Crippen molar-refractivity contribution in [1.82, 2.24) is 19.7 Å². The van der Waals surface area contributed by atoms with E-state index < -0.39 is 18.5 Å². The van der Waals surface area contributed by atoms with Crippen LogP contribution in [0.15, 0.2) is 17.1 Å². The standard InChI is InChI=1S/C14H13F3N4O2S/c1-7-4-9-12(23)18-10(19-13(9)24-7)6-21-5-8(2-3-22)11(20-21)14(15,16)17/h4-5,22H,2-3,6H2,1H3,(H,18,19,23). The summed E-state index contributed by atoms with van der Waals surface area (Å²) in [6.45, 7) is 1.33. The predicted molar refractivity (Wildman–Crippen MR) is 82.1 cm³/mol. The molecule has 0 saturated heterocycles. The quantitative estimate of drug-likeness (QED) is 0.748. The summed E-state index contributed by atoms with van der Waals surface area (Å²) in [5, 5.41) is 12.9. The summed E-state index contributed by atoms with van der Waals surface area (Å²) in [4.78, 5) is 20.3. The third kappa shape index (κ3) is 3.20. The minimum absolute atomic E-state index is 0.0969. The van der Waals surface area contributed by atoms with Gasteiger partial charge in [-0.3, -0.25) is 9.48 Å². The molecule has 24 heavy (non-hydrogen) atoms. The van der Waals surface area contributed by atoms with E-state index in [9.17, 15) is 18.0 Å². The summed E-state index contributed by atoms with van der Waals surface area (Å²) < 4.78 is 40.0. The van der Waals surface area contributed by atoms with Gasteiger partial charge < -0.3 is 10.1 Å². The minimum Gasteiger partial charge on any atom is -0.396 e. The van der Waals surface area contributed by atoms with Gasteiger partial charge in [-0.1, -0.05) is 0 Å². The molecule has 6 nitrogen and oxygen atoms in total. The van der Waals surface area contributed by atoms with Crippen LogP contribution >= 0.6 is 11.3 Å². The monoisotopic (exact) mass is 358 g/mol. The van der Waals surface area contributed by atoms with Gasteiger partial charge in [0.1, 0.15) is 10.7 Å². The Bertz CT molecular complexity index is 942. The number of nitrogens with one attached hydrogen (secondary N) is 1. The van der Waals surface area contributed by atoms with Crippen LogP contribution < -0.4 is 5.56 Å². The number of halogens is 3. The lowest BCUT2D eigenvalue weighted by atomic mass is 10.2. The molecule has 0 aliphatic carbocycles. The van der Waals surface area contributed by atoms with Crippen LogP contribution in [0.25, 0.3) is 10.2 Å². The third-order valence-corrected chi connectivity index (χ3v) is 4.32. The van der Waals surface area contributed by atoms with Crippen LogP contribution in [0.2, 0.25) is 0 Å². The SMILES string of the molecule is Cc1cc2c(=O)[nH]c(Cn3cc(CCO)c(C(F)(F)F)n3)nc2s1. The van der Waals surface area contributed by atoms with Gasteiger partial charge in [0.15, 0.2) is 5.69 Å². The van der Waals surface area contributed by atoms with Crippen molar-refractivity contribution in [2.75, 3.05) is 6.61 Å². The van der Waals surface area contributed by atoms with E-state index in [2.05, 4.69) is 15.1 Å². The van der Waals surface area contributed by atoms with E-state index in [4.69, 9.17) is 5.11 Å². The Balaban J connectivity index is 1.98. The van der Waals surface area contributed by atoms with Crippen molar-refractivity contribution < 1.29 is 18.3 Å². The van der Waals surface area contributed by atoms with Gasteiger partial charge in [-0.15, -0.1) is 11.3 Å². The molecule has 0 aliphatic heterocycles. The number of alkyl halides is 3. The van der Waals surface area contributed by atoms with Crippen LogP contribution in [0.4, 0.5) is 13.2 Å². The number of aliphatic hydroxyl groups excluding tert-OH is 1. The molecule has 10 heteroatoms. The van der Waals surface area contributed by atoms with Crippen LogP contribution in [0.3, 0.4) is 0 Å². The molecule has 0 atom stereocenters. The number of aromatic nitrogens is 4. The van der Waals surface area contributed by atoms with E-state index in [0.717, 1.165) is 9.56 Å². The topological polar surface area (TPSA) is 83.8 Å². The lowest BCUT2D eigenvalue weighted by Gasteiger charge is -2.04. The van der Waals surface area contributed by atoms with Gasteiger partial charge in [-0.25, -0.2) is 4.98 Å². The Morgan fingerprint density at radius 1 is 1.42 bits per heavy atom. The highest BCUT2D eigenvalue weighted by Crippen LogP contribution is 2.31. The van der Waals surface area contributed by atoms with Crippen molar-refractivity contribution in [3.8, 4) is 0 Å². The van der Waals surface area contributed by atoms with E-state index in [1.54, 1.807) is 6.07 Å². The summed E-state index contributed by atoms with van der Waals surface area (Å²) in [5.74, 6) is 0.223. The molecular formula is C14H13F3N4O2S. The van der Waals surface area contributed by atoms with E-state index in [0.29, 0.717) is 10.2 Å². The fourth-order valence-electron chi connectivity index (χ4n) is 2.41. The summed E-state index contributed by atoms with van der Waals surface area (Å²) in [7, 11) is 0. The van der Waals surface area contributed by atoms with Gasteiger partial charge in [0.2, 0.25) is 0 Å². The average molecular weight is 358 g/mol. The highest BCUT2D eigenvalue weighted by atomic mass is 32.1. The second-order valence-electron chi connectivity index (χ2n) is 5.26. The smallest absolute Gasteiger partial charge is 0.396 e. The van der Waals surface area contributed by atoms with Crippen molar-refractivity contribution >= 4 is 21.6 Å². The summed E-state index contributed by atoms with van der Waals surface area (Å²) in [6.07, 6.45) is -3.55. The zero-order valence-corrected chi connectivity index (χ0v) is 13.3. The summed E-state index contributed by atoms with van der Waals surface area (Å²) >= 11 is 1.34. The van der Waals surface area contributed by atoms with Crippen molar-refractivity contribution in [3.05, 3.63) is 44.6 Å². The largest absolute Gasteiger partial charge is 0.435 e. The second-order valence-corrected chi connectivity index (χ2v) is 6.50. The Labute approximate surface area is 137 Å². The van der Waals surface area contributed by atoms with Crippen LogP contribution in [-0.2, 0) is 19.1 Å². The Morgan fingerprint density at radius 2 is 2.17 bits per heavy atom. The first kappa shape index (κ1) is 16.7. The second kappa shape index (κ2) is 6.02. The van der Waals surface area contributed by atoms with E-state index in [-0.39, 0.29) is 29.9 Å². The van der Waals surface area contributed by atoms with Gasteiger partial charge in [0.05, 0.1) is 11.9 Å². The molecule has 0 fully saturated rings. The number of H-pyrrole nitrogens is 1. The molecule has 0 amide bonds. The molecule has 0 bridgehead atoms. The number of hydrogen-bond acceptors (Lipinski definition) is 5. The molecular weight excluding hydrogens is 345 g/mol. The van der Waals surface area contributed by atoms with Crippen LogP contribution in [-0.4, -0.2) is 31.5 Å². The molecule has 0 aliphatic rings. The van der Waals surface area contributed by atoms with Crippen molar-refractivity contribution in [2.24, 2.45) is 0 Å². The molecule has 0 unspecified atom stereocenters. The molecule has 2 N–H and O–H groups in total. The maximum absolute atomic E-state index is 13.0. The molecule has 3 aromatic heterocycles. The Hall–Kier alpha value is -2.20. The average Bonchev–Trinajstić information content (AvgIpc) is 3.02. The molecule has 0 radical (unpaired) electrons. The number of aromatic amines is 1. The predicted octanol–water partition coefficient (Wildman–Crippen LogP) is 2.09. The molecule has 3 aromatic rings. The van der Waals surface area contributed by atoms with Crippen molar-refractivity contribution in [1.29, 1.82) is 0 Å². The normalized spacial score (nSPS) is 12.2. The summed E-state index contributed by atoms with van der Waals surface area (Å²) in [6, 6.07) is 1.71. The van der Waals surface area contributed by atoms with E-state index >= 15 is 0 Å². The number of fused-ring (bicyclic) bond motifs is 1. The van der Waals surface area contributed by atoms with Gasteiger partial charge >= 0.3 is 6.18 Å². The lowest BCUT2D eigenvalue weighted by Crippen LogP contribution is -2.14. The highest BCUT2D eigenvalue weighted by Gasteiger charge is 2.36. The number of aryl methyl sites for hydroxylation is 1. The first-order valence-corrected chi connectivity index (χ1v) is 7.83. The van der Waals surface area contributed by atoms with Gasteiger partial charge in [0, 0.05) is 23.2 Å². The number of rotatable bonds is 4. The minimum atomic E-state index is -4.61. The first-order chi connectivity index (χ1) is 11.3. The molecule has 0 saturated carbocycles. The number of thiophene rings is 1. The van der Waals surface area contributed by atoms with Gasteiger partial charge in [-0.05, 0) is 19.4 Å². The lowest BCUT2D eigenvalue weighted by molar-refractivity contribution is -0.142. The molecule has 128 valence electrons. The van der Waals surface area contributed by atoms with Crippen molar-refractivity contribution in [2.45, 2.75) is 26.1 Å². The zero-order chi connectivity index (χ0) is 17.5. The molecule has 3 heterocycles. The third-order valence-electron chi connectivity index (χ3n) is 3.37. The van der Waals surface area contributed by atoms with E-state index in [1.807, 2.05) is 6.92 Å². The van der Waals surface area contributed by atoms with Crippen LogP contribution in [0.5, 0.6) is 0 Å². The number of hydrogen-bond donors (Lipinski definition) is 2. The Morgan fingerprint density at radius 3 is 2.83 bits per heavy atom. The maximum Gasteiger partial charge on any atom is 0.435 e. The molecule has 3 rings (SSSR count). The van der Waals surface area contributed by atoms with E-state index in [1.165, 1.54) is 17.5 Å². The van der Waals surface area contributed by atoms with Crippen LogP contribution in [0.1, 0.15) is 22.0 Å². The zero-order valence-electron chi connectivity index (χ0n) is 12.5. The number of aliphatic hydroxyl groups is 1. The summed E-state index contributed by atoms with van der Waals surface area (Å²) in [5.41, 5.74) is -1.47. The van der Waals surface area contributed by atoms with Gasteiger partial charge in [0.25, 0.3) is 5.56 Å². The number of nitrogens with zero attached hydrogens (tertiary/aromatic N) is 3.